The molecule has 0 unspecified atom stereocenters. The fourth-order valence-electron chi connectivity index (χ4n) is 2.38. The lowest BCUT2D eigenvalue weighted by molar-refractivity contribution is -0.400. The van der Waals surface area contributed by atoms with Crippen LogP contribution in [0.25, 0.3) is 6.08 Å². The Hall–Kier alpha value is -2.87. The number of methoxy groups -OCH3 is 1. The summed E-state index contributed by atoms with van der Waals surface area (Å²) in [4.78, 5) is 22.1. The van der Waals surface area contributed by atoms with E-state index >= 15 is 0 Å². The van der Waals surface area contributed by atoms with Crippen LogP contribution in [-0.4, -0.2) is 24.6 Å². The highest BCUT2D eigenvalue weighted by Crippen LogP contribution is 2.37. The van der Waals surface area contributed by atoms with Crippen LogP contribution < -0.4 is 14.2 Å². The second-order valence-corrected chi connectivity index (χ2v) is 6.47. The highest BCUT2D eigenvalue weighted by molar-refractivity contribution is 9.10. The largest absolute Gasteiger partial charge is 0.493 e. The fourth-order valence-corrected chi connectivity index (χ4v) is 2.92. The lowest BCUT2D eigenvalue weighted by Crippen LogP contribution is -2.19. The molecule has 2 aromatic carbocycles. The van der Waals surface area contributed by atoms with Crippen molar-refractivity contribution >= 4 is 28.0 Å². The summed E-state index contributed by atoms with van der Waals surface area (Å²) < 4.78 is 16.6. The Balaban J connectivity index is 2.14. The van der Waals surface area contributed by atoms with Gasteiger partial charge in [0.05, 0.1) is 16.5 Å². The van der Waals surface area contributed by atoms with Crippen molar-refractivity contribution in [1.82, 2.24) is 0 Å². The Morgan fingerprint density at radius 2 is 1.89 bits per heavy atom. The summed E-state index contributed by atoms with van der Waals surface area (Å²) in [7, 11) is 1.41. The molecule has 0 spiro atoms. The number of nitrogens with zero attached hydrogens (tertiary/aromatic N) is 1. The Morgan fingerprint density at radius 3 is 2.48 bits per heavy atom. The second kappa shape index (κ2) is 9.18. The first-order valence-corrected chi connectivity index (χ1v) is 8.70. The van der Waals surface area contributed by atoms with E-state index in [2.05, 4.69) is 15.9 Å². The minimum absolute atomic E-state index is 0.172. The normalized spacial score (nSPS) is 10.7. The highest BCUT2D eigenvalue weighted by atomic mass is 79.9. The number of benzene rings is 2. The number of halogens is 1. The predicted molar refractivity (Wildman–Crippen MR) is 104 cm³/mol. The van der Waals surface area contributed by atoms with Gasteiger partial charge in [-0.2, -0.15) is 0 Å². The second-order valence-electron chi connectivity index (χ2n) is 5.62. The van der Waals surface area contributed by atoms with Gasteiger partial charge in [0.15, 0.2) is 18.1 Å². The number of hydrogen-bond donors (Lipinski definition) is 0. The lowest BCUT2D eigenvalue weighted by atomic mass is 10.1. The van der Waals surface area contributed by atoms with Gasteiger partial charge in [-0.05, 0) is 58.6 Å². The molecule has 0 aliphatic rings. The third kappa shape index (κ3) is 5.55. The molecule has 0 radical (unpaired) electrons. The number of carbonyl (C=O) groups excluding carboxylic acids is 1. The lowest BCUT2D eigenvalue weighted by Gasteiger charge is -2.14. The van der Waals surface area contributed by atoms with Crippen molar-refractivity contribution in [3.05, 3.63) is 67.8 Å². The SMILES string of the molecule is COc1cc(C=C[N+](=O)[O-])cc(Br)c1OC(=O)COc1c(C)cccc1C. The molecule has 0 saturated carbocycles. The van der Waals surface area contributed by atoms with Crippen LogP contribution in [0, 0.1) is 24.0 Å². The minimum Gasteiger partial charge on any atom is -0.493 e. The quantitative estimate of drug-likeness (QED) is 0.278. The zero-order chi connectivity index (χ0) is 20.0. The average molecular weight is 436 g/mol. The molecule has 27 heavy (non-hydrogen) atoms. The van der Waals surface area contributed by atoms with Crippen LogP contribution in [0.3, 0.4) is 0 Å². The van der Waals surface area contributed by atoms with E-state index in [1.165, 1.54) is 19.3 Å². The summed E-state index contributed by atoms with van der Waals surface area (Å²) in [5.74, 6) is 0.463. The average Bonchev–Trinajstić information content (AvgIpc) is 2.61. The Kier molecular flexibility index (Phi) is 6.95. The molecule has 2 aromatic rings. The molecule has 0 aromatic heterocycles. The van der Waals surface area contributed by atoms with Crippen LogP contribution in [0.1, 0.15) is 16.7 Å². The van der Waals surface area contributed by atoms with Gasteiger partial charge in [0, 0.05) is 6.08 Å². The van der Waals surface area contributed by atoms with Crippen LogP contribution in [0.5, 0.6) is 17.2 Å². The van der Waals surface area contributed by atoms with E-state index in [1.54, 1.807) is 6.07 Å². The molecule has 0 aliphatic carbocycles. The summed E-state index contributed by atoms with van der Waals surface area (Å²) in [6, 6.07) is 8.80. The van der Waals surface area contributed by atoms with Gasteiger partial charge < -0.3 is 14.2 Å². The molecule has 0 aliphatic heterocycles. The van der Waals surface area contributed by atoms with E-state index in [1.807, 2.05) is 32.0 Å². The molecule has 8 heteroatoms. The predicted octanol–water partition coefficient (Wildman–Crippen LogP) is 4.31. The standard InChI is InChI=1S/C19H18BrNO6/c1-12-5-4-6-13(2)18(12)26-11-17(22)27-19-15(20)9-14(7-8-21(23)24)10-16(19)25-3/h4-10H,11H2,1-3H3. The molecular weight excluding hydrogens is 418 g/mol. The van der Waals surface area contributed by atoms with Gasteiger partial charge in [-0.25, -0.2) is 4.79 Å². The van der Waals surface area contributed by atoms with E-state index < -0.39 is 10.9 Å². The molecule has 0 saturated heterocycles. The van der Waals surface area contributed by atoms with Gasteiger partial charge in [-0.15, -0.1) is 0 Å². The summed E-state index contributed by atoms with van der Waals surface area (Å²) in [5.41, 5.74) is 2.36. The molecule has 0 atom stereocenters. The number of esters is 1. The minimum atomic E-state index is -0.606. The molecule has 7 nitrogen and oxygen atoms in total. The van der Waals surface area contributed by atoms with E-state index in [-0.39, 0.29) is 18.1 Å². The first kappa shape index (κ1) is 20.4. The number of aryl methyl sites for hydroxylation is 2. The number of nitro groups is 1. The van der Waals surface area contributed by atoms with Crippen LogP contribution in [0.2, 0.25) is 0 Å². The number of para-hydroxylation sites is 1. The zero-order valence-corrected chi connectivity index (χ0v) is 16.6. The van der Waals surface area contributed by atoms with E-state index in [0.717, 1.165) is 17.3 Å². The monoisotopic (exact) mass is 435 g/mol. The first-order valence-electron chi connectivity index (χ1n) is 7.90. The third-order valence-electron chi connectivity index (χ3n) is 3.60. The summed E-state index contributed by atoms with van der Waals surface area (Å²) >= 11 is 3.29. The van der Waals surface area contributed by atoms with Crippen molar-refractivity contribution in [1.29, 1.82) is 0 Å². The van der Waals surface area contributed by atoms with Crippen molar-refractivity contribution in [3.8, 4) is 17.2 Å². The van der Waals surface area contributed by atoms with Crippen LogP contribution in [0.4, 0.5) is 0 Å². The van der Waals surface area contributed by atoms with Crippen molar-refractivity contribution in [3.63, 3.8) is 0 Å². The molecule has 0 bridgehead atoms. The molecule has 0 fully saturated rings. The van der Waals surface area contributed by atoms with Gasteiger partial charge in [0.2, 0.25) is 6.20 Å². The van der Waals surface area contributed by atoms with Crippen molar-refractivity contribution in [2.75, 3.05) is 13.7 Å². The Bertz CT molecular complexity index is 874. The highest BCUT2D eigenvalue weighted by Gasteiger charge is 2.16. The molecule has 0 heterocycles. The first-order chi connectivity index (χ1) is 12.8. The smallest absolute Gasteiger partial charge is 0.349 e. The van der Waals surface area contributed by atoms with Gasteiger partial charge in [-0.3, -0.25) is 10.1 Å². The van der Waals surface area contributed by atoms with Gasteiger partial charge >= 0.3 is 5.97 Å². The van der Waals surface area contributed by atoms with E-state index in [4.69, 9.17) is 14.2 Å². The van der Waals surface area contributed by atoms with Gasteiger partial charge in [0.1, 0.15) is 5.75 Å². The van der Waals surface area contributed by atoms with Gasteiger partial charge in [-0.1, -0.05) is 18.2 Å². The van der Waals surface area contributed by atoms with E-state index in [9.17, 15) is 14.9 Å². The zero-order valence-electron chi connectivity index (χ0n) is 15.0. The van der Waals surface area contributed by atoms with Crippen molar-refractivity contribution in [2.45, 2.75) is 13.8 Å². The van der Waals surface area contributed by atoms with Crippen molar-refractivity contribution < 1.29 is 23.9 Å². The Morgan fingerprint density at radius 1 is 1.22 bits per heavy atom. The molecular formula is C19H18BrNO6. The third-order valence-corrected chi connectivity index (χ3v) is 4.19. The van der Waals surface area contributed by atoms with Gasteiger partial charge in [0.25, 0.3) is 0 Å². The van der Waals surface area contributed by atoms with Crippen LogP contribution in [-0.2, 0) is 4.79 Å². The van der Waals surface area contributed by atoms with Crippen molar-refractivity contribution in [2.24, 2.45) is 0 Å². The summed E-state index contributed by atoms with van der Waals surface area (Å²) in [6.07, 6.45) is 2.12. The topological polar surface area (TPSA) is 87.9 Å². The molecule has 0 N–H and O–H groups in total. The van der Waals surface area contributed by atoms with Crippen LogP contribution in [0.15, 0.2) is 41.0 Å². The molecule has 2 rings (SSSR count). The fraction of sp³-hybridized carbons (Fsp3) is 0.211. The number of carbonyl (C=O) groups is 1. The number of ether oxygens (including phenoxy) is 3. The summed E-state index contributed by atoms with van der Waals surface area (Å²) in [5, 5.41) is 10.5. The number of rotatable bonds is 7. The summed E-state index contributed by atoms with van der Waals surface area (Å²) in [6.45, 7) is 3.51. The van der Waals surface area contributed by atoms with Crippen LogP contribution >= 0.6 is 15.9 Å². The Labute approximate surface area is 164 Å². The maximum Gasteiger partial charge on any atom is 0.349 e. The van der Waals surface area contributed by atoms with E-state index in [0.29, 0.717) is 15.8 Å². The maximum absolute atomic E-state index is 12.2. The maximum atomic E-state index is 12.2. The molecule has 142 valence electrons. The molecule has 0 amide bonds. The number of hydrogen-bond acceptors (Lipinski definition) is 6.